The van der Waals surface area contributed by atoms with E-state index in [1.54, 1.807) is 36.4 Å². The molecule has 2 amide bonds. The molecule has 0 bridgehead atoms. The molecule has 0 unspecified atom stereocenters. The highest BCUT2D eigenvalue weighted by Crippen LogP contribution is 2.48. The molecule has 2 heterocycles. The minimum absolute atomic E-state index is 0.316. The number of hydrogen-bond donors (Lipinski definition) is 0. The summed E-state index contributed by atoms with van der Waals surface area (Å²) in [5.74, 6) is -0.761. The number of benzene rings is 3. The predicted molar refractivity (Wildman–Crippen MR) is 117 cm³/mol. The number of hydroxylamine groups is 1. The van der Waals surface area contributed by atoms with Crippen LogP contribution in [0.3, 0.4) is 0 Å². The Morgan fingerprint density at radius 1 is 0.871 bits per heavy atom. The van der Waals surface area contributed by atoms with Gasteiger partial charge in [0.05, 0.1) is 24.5 Å². The number of rotatable bonds is 4. The standard InChI is InChI=1S/C24H19ClN2O4/c1-30-19-12-5-7-15(13-19)21-20-22(31-27(21)17-9-3-2-4-10-17)24(29)26(23(20)28)18-11-6-8-16(25)14-18/h2-14,20-22H,1H3/t20-,21+,22-/m1/s1. The average molecular weight is 435 g/mol. The maximum atomic E-state index is 13.5. The van der Waals surface area contributed by atoms with Crippen LogP contribution in [-0.4, -0.2) is 25.0 Å². The van der Waals surface area contributed by atoms with Crippen molar-refractivity contribution in [3.63, 3.8) is 0 Å². The lowest BCUT2D eigenvalue weighted by Gasteiger charge is -2.29. The number of carbonyl (C=O) groups is 2. The highest BCUT2D eigenvalue weighted by Gasteiger charge is 2.60. The Labute approximate surface area is 184 Å². The fourth-order valence-corrected chi connectivity index (χ4v) is 4.43. The number of methoxy groups -OCH3 is 1. The Morgan fingerprint density at radius 2 is 1.61 bits per heavy atom. The van der Waals surface area contributed by atoms with E-state index in [4.69, 9.17) is 21.2 Å². The number of ether oxygens (including phenoxy) is 1. The van der Waals surface area contributed by atoms with Gasteiger partial charge in [-0.1, -0.05) is 48.0 Å². The van der Waals surface area contributed by atoms with E-state index in [0.717, 1.165) is 11.3 Å². The van der Waals surface area contributed by atoms with Crippen LogP contribution in [0.25, 0.3) is 0 Å². The lowest BCUT2D eigenvalue weighted by Crippen LogP contribution is -2.37. The van der Waals surface area contributed by atoms with E-state index in [1.165, 1.54) is 4.90 Å². The van der Waals surface area contributed by atoms with Gasteiger partial charge < -0.3 is 4.74 Å². The molecule has 5 rings (SSSR count). The van der Waals surface area contributed by atoms with Gasteiger partial charge in [0.2, 0.25) is 5.91 Å². The van der Waals surface area contributed by atoms with Gasteiger partial charge in [-0.2, -0.15) is 0 Å². The Morgan fingerprint density at radius 3 is 2.35 bits per heavy atom. The van der Waals surface area contributed by atoms with Crippen molar-refractivity contribution in [2.45, 2.75) is 12.1 Å². The van der Waals surface area contributed by atoms with Crippen LogP contribution >= 0.6 is 11.6 Å². The molecule has 2 saturated heterocycles. The molecule has 2 aliphatic heterocycles. The molecule has 0 saturated carbocycles. The lowest BCUT2D eigenvalue weighted by atomic mass is 9.90. The van der Waals surface area contributed by atoms with Crippen LogP contribution < -0.4 is 14.7 Å². The molecule has 7 heteroatoms. The molecular weight excluding hydrogens is 416 g/mol. The summed E-state index contributed by atoms with van der Waals surface area (Å²) in [4.78, 5) is 34.1. The van der Waals surface area contributed by atoms with Crippen LogP contribution in [0.4, 0.5) is 11.4 Å². The molecule has 0 radical (unpaired) electrons. The number of fused-ring (bicyclic) bond motifs is 1. The first-order chi connectivity index (χ1) is 15.1. The van der Waals surface area contributed by atoms with Gasteiger partial charge in [-0.25, -0.2) is 9.96 Å². The van der Waals surface area contributed by atoms with E-state index < -0.39 is 24.0 Å². The van der Waals surface area contributed by atoms with E-state index in [0.29, 0.717) is 16.5 Å². The average Bonchev–Trinajstić information content (AvgIpc) is 3.30. The third kappa shape index (κ3) is 3.24. The summed E-state index contributed by atoms with van der Waals surface area (Å²) in [6.45, 7) is 0. The first-order valence-corrected chi connectivity index (χ1v) is 10.2. The zero-order chi connectivity index (χ0) is 21.5. The number of amides is 2. The molecule has 6 nitrogen and oxygen atoms in total. The predicted octanol–water partition coefficient (Wildman–Crippen LogP) is 4.40. The van der Waals surface area contributed by atoms with Crippen molar-refractivity contribution in [2.24, 2.45) is 5.92 Å². The molecular formula is C24H19ClN2O4. The minimum Gasteiger partial charge on any atom is -0.497 e. The normalized spacial score (nSPS) is 22.7. The van der Waals surface area contributed by atoms with Crippen LogP contribution in [-0.2, 0) is 14.4 Å². The van der Waals surface area contributed by atoms with Crippen molar-refractivity contribution in [2.75, 3.05) is 17.1 Å². The topological polar surface area (TPSA) is 59.1 Å². The summed E-state index contributed by atoms with van der Waals surface area (Å²) in [5.41, 5.74) is 2.03. The van der Waals surface area contributed by atoms with Gasteiger partial charge in [-0.15, -0.1) is 0 Å². The first kappa shape index (κ1) is 19.6. The first-order valence-electron chi connectivity index (χ1n) is 9.87. The molecule has 2 aliphatic rings. The zero-order valence-electron chi connectivity index (χ0n) is 16.6. The van der Waals surface area contributed by atoms with Gasteiger partial charge in [0, 0.05) is 5.02 Å². The minimum atomic E-state index is -0.928. The quantitative estimate of drug-likeness (QED) is 0.570. The van der Waals surface area contributed by atoms with Crippen LogP contribution in [0.15, 0.2) is 78.9 Å². The van der Waals surface area contributed by atoms with Gasteiger partial charge >= 0.3 is 0 Å². The van der Waals surface area contributed by atoms with Crippen molar-refractivity contribution >= 4 is 34.8 Å². The molecule has 0 aliphatic carbocycles. The summed E-state index contributed by atoms with van der Waals surface area (Å²) >= 11 is 6.10. The van der Waals surface area contributed by atoms with E-state index in [9.17, 15) is 9.59 Å². The Balaban J connectivity index is 1.60. The van der Waals surface area contributed by atoms with Gasteiger partial charge in [0.1, 0.15) is 11.7 Å². The molecule has 0 spiro atoms. The van der Waals surface area contributed by atoms with E-state index in [-0.39, 0.29) is 5.91 Å². The van der Waals surface area contributed by atoms with Crippen molar-refractivity contribution in [1.82, 2.24) is 0 Å². The molecule has 3 aromatic rings. The maximum absolute atomic E-state index is 13.5. The third-order valence-corrected chi connectivity index (χ3v) is 5.86. The molecule has 156 valence electrons. The number of nitrogens with zero attached hydrogens (tertiary/aromatic N) is 2. The largest absolute Gasteiger partial charge is 0.497 e. The number of carbonyl (C=O) groups excluding carboxylic acids is 2. The molecule has 0 aromatic heterocycles. The number of imide groups is 1. The number of hydrogen-bond acceptors (Lipinski definition) is 5. The number of anilines is 2. The van der Waals surface area contributed by atoms with E-state index >= 15 is 0 Å². The molecule has 0 N–H and O–H groups in total. The summed E-state index contributed by atoms with van der Waals surface area (Å²) < 4.78 is 5.38. The summed E-state index contributed by atoms with van der Waals surface area (Å²) in [5, 5.41) is 2.11. The van der Waals surface area contributed by atoms with Crippen LogP contribution in [0.1, 0.15) is 11.6 Å². The van der Waals surface area contributed by atoms with E-state index in [1.807, 2.05) is 54.6 Å². The van der Waals surface area contributed by atoms with E-state index in [2.05, 4.69) is 0 Å². The number of halogens is 1. The second-order valence-electron chi connectivity index (χ2n) is 7.43. The second-order valence-corrected chi connectivity index (χ2v) is 7.86. The Hall–Kier alpha value is -3.35. The monoisotopic (exact) mass is 434 g/mol. The number of para-hydroxylation sites is 1. The molecule has 3 atom stereocenters. The van der Waals surface area contributed by atoms with Crippen molar-refractivity contribution < 1.29 is 19.2 Å². The smallest absolute Gasteiger partial charge is 0.266 e. The third-order valence-electron chi connectivity index (χ3n) is 5.63. The SMILES string of the molecule is COc1cccc([C@H]2[C@H]3C(=O)N(c4cccc(Cl)c4)C(=O)[C@@H]3ON2c2ccccc2)c1. The fraction of sp³-hybridized carbons (Fsp3) is 0.167. The zero-order valence-corrected chi connectivity index (χ0v) is 17.4. The van der Waals surface area contributed by atoms with Gasteiger partial charge in [-0.3, -0.25) is 14.4 Å². The molecule has 2 fully saturated rings. The Bertz CT molecular complexity index is 1150. The fourth-order valence-electron chi connectivity index (χ4n) is 4.25. The lowest BCUT2D eigenvalue weighted by molar-refractivity contribution is -0.126. The summed E-state index contributed by atoms with van der Waals surface area (Å²) in [6, 6.07) is 23.1. The highest BCUT2D eigenvalue weighted by atomic mass is 35.5. The van der Waals surface area contributed by atoms with Gasteiger partial charge in [0.15, 0.2) is 6.10 Å². The second kappa shape index (κ2) is 7.72. The Kier molecular flexibility index (Phi) is 4.88. The van der Waals surface area contributed by atoms with Crippen LogP contribution in [0.5, 0.6) is 5.75 Å². The van der Waals surface area contributed by atoms with Crippen LogP contribution in [0, 0.1) is 5.92 Å². The van der Waals surface area contributed by atoms with Gasteiger partial charge in [-0.05, 0) is 48.0 Å². The van der Waals surface area contributed by atoms with Gasteiger partial charge in [0.25, 0.3) is 5.91 Å². The van der Waals surface area contributed by atoms with Crippen molar-refractivity contribution in [3.05, 3.63) is 89.4 Å². The summed E-state index contributed by atoms with van der Waals surface area (Å²) in [6.07, 6.45) is -0.928. The van der Waals surface area contributed by atoms with Crippen LogP contribution in [0.2, 0.25) is 5.02 Å². The molecule has 31 heavy (non-hydrogen) atoms. The summed E-state index contributed by atoms with van der Waals surface area (Å²) in [7, 11) is 1.59. The van der Waals surface area contributed by atoms with Crippen molar-refractivity contribution in [1.29, 1.82) is 0 Å². The molecule has 3 aromatic carbocycles. The maximum Gasteiger partial charge on any atom is 0.266 e. The van der Waals surface area contributed by atoms with Crippen molar-refractivity contribution in [3.8, 4) is 5.75 Å². The highest BCUT2D eigenvalue weighted by molar-refractivity contribution is 6.31.